The Balaban J connectivity index is 2.16. The van der Waals surface area contributed by atoms with Crippen LogP contribution in [0.15, 0.2) is 39.4 Å². The second-order valence-electron chi connectivity index (χ2n) is 4.59. The van der Waals surface area contributed by atoms with Gasteiger partial charge >= 0.3 is 5.97 Å². The van der Waals surface area contributed by atoms with Crippen molar-refractivity contribution in [1.82, 2.24) is 5.32 Å². The van der Waals surface area contributed by atoms with Crippen molar-refractivity contribution in [3.63, 3.8) is 0 Å². The molecule has 0 radical (unpaired) electrons. The van der Waals surface area contributed by atoms with Crippen molar-refractivity contribution in [3.8, 4) is 17.6 Å². The van der Waals surface area contributed by atoms with Gasteiger partial charge in [0.05, 0.1) is 25.3 Å². The second kappa shape index (κ2) is 9.24. The van der Waals surface area contributed by atoms with Crippen LogP contribution in [0, 0.1) is 11.3 Å². The molecule has 9 nitrogen and oxygen atoms in total. The summed E-state index contributed by atoms with van der Waals surface area (Å²) in [5, 5.41) is 19.1. The molecule has 1 saturated heterocycles. The molecule has 1 N–H and O–H groups in total. The number of esters is 1. The number of hydrogen-bond acceptors (Lipinski definition) is 9. The first kappa shape index (κ1) is 19.0. The van der Waals surface area contributed by atoms with Crippen molar-refractivity contribution < 1.29 is 23.8 Å². The molecule has 0 spiro atoms. The predicted molar refractivity (Wildman–Crippen MR) is 95.0 cm³/mol. The molecule has 0 aliphatic carbocycles. The van der Waals surface area contributed by atoms with E-state index in [1.807, 2.05) is 6.07 Å². The number of carbonyl (C=O) groups excluding carboxylic acids is 2. The van der Waals surface area contributed by atoms with E-state index in [1.54, 1.807) is 18.2 Å². The highest BCUT2D eigenvalue weighted by molar-refractivity contribution is 8.18. The number of methoxy groups -OCH3 is 2. The molecular formula is C16H14N4O5S. The van der Waals surface area contributed by atoms with E-state index in [9.17, 15) is 9.59 Å². The van der Waals surface area contributed by atoms with Crippen LogP contribution in [0.2, 0.25) is 0 Å². The van der Waals surface area contributed by atoms with Gasteiger partial charge in [-0.3, -0.25) is 10.1 Å². The van der Waals surface area contributed by atoms with Gasteiger partial charge in [0.2, 0.25) is 0 Å². The maximum absolute atomic E-state index is 11.7. The zero-order valence-electron chi connectivity index (χ0n) is 13.9. The van der Waals surface area contributed by atoms with Crippen LogP contribution >= 0.6 is 11.8 Å². The molecule has 0 aromatic heterocycles. The molecule has 2 rings (SSSR count). The molecule has 1 aromatic rings. The van der Waals surface area contributed by atoms with Crippen molar-refractivity contribution in [2.24, 2.45) is 10.2 Å². The highest BCUT2D eigenvalue weighted by atomic mass is 32.2. The van der Waals surface area contributed by atoms with Gasteiger partial charge in [0, 0.05) is 11.6 Å². The average molecular weight is 374 g/mol. The highest BCUT2D eigenvalue weighted by Gasteiger charge is 2.25. The van der Waals surface area contributed by atoms with Crippen molar-refractivity contribution in [2.45, 2.75) is 0 Å². The van der Waals surface area contributed by atoms with Gasteiger partial charge in [-0.1, -0.05) is 0 Å². The third-order valence-corrected chi connectivity index (χ3v) is 3.86. The standard InChI is InChI=1S/C16H14N4O5S/c1-23-11-3-4-12(25-6-5-17)10(7-11)9-18-20-16-19-15(22)13(26-16)8-14(21)24-2/h3-4,7-9H,6H2,1-2H3,(H,19,20,22)/b13-8+,18-9?. The van der Waals surface area contributed by atoms with E-state index < -0.39 is 11.9 Å². The SMILES string of the molecule is COC(=O)/C=C1/S/C(=N\N=Cc2cc(OC)ccc2OCC#N)NC1=O. The molecule has 26 heavy (non-hydrogen) atoms. The number of nitriles is 1. The zero-order valence-corrected chi connectivity index (χ0v) is 14.7. The van der Waals surface area contributed by atoms with Crippen molar-refractivity contribution >= 4 is 35.0 Å². The minimum absolute atomic E-state index is 0.116. The van der Waals surface area contributed by atoms with Crippen molar-refractivity contribution in [1.29, 1.82) is 5.26 Å². The molecular weight excluding hydrogens is 360 g/mol. The number of amidine groups is 1. The van der Waals surface area contributed by atoms with Gasteiger partial charge in [0.1, 0.15) is 17.6 Å². The summed E-state index contributed by atoms with van der Waals surface area (Å²) in [6, 6.07) is 6.88. The van der Waals surface area contributed by atoms with Crippen LogP contribution in [0.4, 0.5) is 0 Å². The van der Waals surface area contributed by atoms with E-state index in [0.29, 0.717) is 17.1 Å². The molecule has 0 bridgehead atoms. The number of nitrogens with zero attached hydrogens (tertiary/aromatic N) is 3. The Morgan fingerprint density at radius 3 is 2.92 bits per heavy atom. The summed E-state index contributed by atoms with van der Waals surface area (Å²) < 4.78 is 14.9. The van der Waals surface area contributed by atoms with Crippen molar-refractivity contribution in [2.75, 3.05) is 20.8 Å². The normalized spacial score (nSPS) is 16.6. The fourth-order valence-electron chi connectivity index (χ4n) is 1.78. The van der Waals surface area contributed by atoms with Gasteiger partial charge < -0.3 is 14.2 Å². The predicted octanol–water partition coefficient (Wildman–Crippen LogP) is 1.21. The number of rotatable bonds is 6. The van der Waals surface area contributed by atoms with E-state index >= 15 is 0 Å². The van der Waals surface area contributed by atoms with Crippen LogP contribution in [0.1, 0.15) is 5.56 Å². The van der Waals surface area contributed by atoms with Gasteiger partial charge in [-0.25, -0.2) is 4.79 Å². The molecule has 0 saturated carbocycles. The molecule has 1 aliphatic heterocycles. The summed E-state index contributed by atoms with van der Waals surface area (Å²) in [4.78, 5) is 23.1. The lowest BCUT2D eigenvalue weighted by Gasteiger charge is -2.07. The number of thioether (sulfide) groups is 1. The fourth-order valence-corrected chi connectivity index (χ4v) is 2.52. The molecule has 134 valence electrons. The molecule has 1 aromatic carbocycles. The summed E-state index contributed by atoms with van der Waals surface area (Å²) in [6.07, 6.45) is 2.47. The van der Waals surface area contributed by atoms with E-state index in [-0.39, 0.29) is 16.7 Å². The maximum atomic E-state index is 11.7. The quantitative estimate of drug-likeness (QED) is 0.344. The molecule has 0 unspecified atom stereocenters. The van der Waals surface area contributed by atoms with E-state index in [2.05, 4.69) is 20.3 Å². The van der Waals surface area contributed by atoms with Crippen LogP contribution in [0.3, 0.4) is 0 Å². The Morgan fingerprint density at radius 1 is 1.42 bits per heavy atom. The van der Waals surface area contributed by atoms with E-state index in [4.69, 9.17) is 14.7 Å². The highest BCUT2D eigenvalue weighted by Crippen LogP contribution is 2.24. The second-order valence-corrected chi connectivity index (χ2v) is 5.62. The zero-order chi connectivity index (χ0) is 18.9. The maximum Gasteiger partial charge on any atom is 0.331 e. The summed E-state index contributed by atoms with van der Waals surface area (Å²) in [5.41, 5.74) is 0.545. The monoisotopic (exact) mass is 374 g/mol. The smallest absolute Gasteiger partial charge is 0.331 e. The molecule has 1 fully saturated rings. The van der Waals surface area contributed by atoms with Gasteiger partial charge in [-0.15, -0.1) is 5.10 Å². The summed E-state index contributed by atoms with van der Waals surface area (Å²) >= 11 is 0.960. The lowest BCUT2D eigenvalue weighted by molar-refractivity contribution is -0.135. The van der Waals surface area contributed by atoms with Gasteiger partial charge in [-0.2, -0.15) is 10.4 Å². The lowest BCUT2D eigenvalue weighted by atomic mass is 10.2. The molecule has 10 heteroatoms. The van der Waals surface area contributed by atoms with Crippen molar-refractivity contribution in [3.05, 3.63) is 34.7 Å². The molecule has 1 aliphatic rings. The number of ether oxygens (including phenoxy) is 3. The summed E-state index contributed by atoms with van der Waals surface area (Å²) in [5.74, 6) is -0.0854. The largest absolute Gasteiger partial charge is 0.497 e. The van der Waals surface area contributed by atoms with Crippen LogP contribution in [-0.4, -0.2) is 44.1 Å². The molecule has 1 heterocycles. The number of benzene rings is 1. The first-order valence-corrected chi connectivity index (χ1v) is 7.96. The molecule has 1 amide bonds. The first-order chi connectivity index (χ1) is 12.6. The van der Waals surface area contributed by atoms with Gasteiger partial charge in [0.15, 0.2) is 11.8 Å². The lowest BCUT2D eigenvalue weighted by Crippen LogP contribution is -2.19. The average Bonchev–Trinajstić information content (AvgIpc) is 2.99. The number of hydrogen-bond donors (Lipinski definition) is 1. The summed E-state index contributed by atoms with van der Waals surface area (Å²) in [7, 11) is 2.74. The Bertz CT molecular complexity index is 842. The minimum atomic E-state index is -0.636. The van der Waals surface area contributed by atoms with Crippen LogP contribution < -0.4 is 14.8 Å². The minimum Gasteiger partial charge on any atom is -0.497 e. The third-order valence-electron chi connectivity index (χ3n) is 2.96. The third kappa shape index (κ3) is 5.09. The Labute approximate surface area is 153 Å². The van der Waals surface area contributed by atoms with Crippen LogP contribution in [-0.2, 0) is 14.3 Å². The molecule has 0 atom stereocenters. The van der Waals surface area contributed by atoms with Gasteiger partial charge in [-0.05, 0) is 30.0 Å². The summed E-state index contributed by atoms with van der Waals surface area (Å²) in [6.45, 7) is -0.116. The number of nitrogens with one attached hydrogen (secondary N) is 1. The Morgan fingerprint density at radius 2 is 2.23 bits per heavy atom. The van der Waals surface area contributed by atoms with Crippen LogP contribution in [0.25, 0.3) is 0 Å². The topological polar surface area (TPSA) is 122 Å². The number of amides is 1. The van der Waals surface area contributed by atoms with Gasteiger partial charge in [0.25, 0.3) is 5.91 Å². The first-order valence-electron chi connectivity index (χ1n) is 7.15. The Hall–Kier alpha value is -3.32. The van der Waals surface area contributed by atoms with E-state index in [0.717, 1.165) is 17.8 Å². The van der Waals surface area contributed by atoms with E-state index in [1.165, 1.54) is 20.4 Å². The fraction of sp³-hybridized carbons (Fsp3) is 0.188. The Kier molecular flexibility index (Phi) is 6.75. The van der Waals surface area contributed by atoms with Crippen LogP contribution in [0.5, 0.6) is 11.5 Å². The number of carbonyl (C=O) groups is 2.